The second-order valence-electron chi connectivity index (χ2n) is 5.36. The zero-order chi connectivity index (χ0) is 19.1. The number of rotatable bonds is 7. The van der Waals surface area contributed by atoms with Gasteiger partial charge in [-0.2, -0.15) is 10.2 Å². The van der Waals surface area contributed by atoms with Crippen molar-refractivity contribution in [1.82, 2.24) is 15.2 Å². The molecule has 0 aliphatic heterocycles. The second kappa shape index (κ2) is 8.61. The Morgan fingerprint density at radius 2 is 1.67 bits per heavy atom. The number of hydrogen-bond acceptors (Lipinski definition) is 8. The van der Waals surface area contributed by atoms with Gasteiger partial charge in [0.25, 0.3) is 5.95 Å². The fourth-order valence-corrected chi connectivity index (χ4v) is 2.44. The van der Waals surface area contributed by atoms with Gasteiger partial charge in [-0.15, -0.1) is 5.10 Å². The molecule has 8 heteroatoms. The van der Waals surface area contributed by atoms with Crippen LogP contribution in [0, 0.1) is 0 Å². The summed E-state index contributed by atoms with van der Waals surface area (Å²) in [6.07, 6.45) is 3.20. The standard InChI is InChI=1S/C19H19N5O3/c1-25-16-9-13(10-17(26-2)18(16)27-3)11-20-23-19-22-15(12-21-24-19)14-7-5-4-6-8-14/h4-12H,1-3H3,(H,22,23,24)/b20-11+. The molecule has 1 aromatic heterocycles. The molecule has 1 N–H and O–H groups in total. The average molecular weight is 365 g/mol. The molecule has 8 nitrogen and oxygen atoms in total. The molecule has 0 radical (unpaired) electrons. The highest BCUT2D eigenvalue weighted by molar-refractivity contribution is 5.82. The van der Waals surface area contributed by atoms with Crippen LogP contribution in [0.15, 0.2) is 53.8 Å². The Labute approximate surface area is 156 Å². The summed E-state index contributed by atoms with van der Waals surface area (Å²) in [6, 6.07) is 13.3. The number of aromatic nitrogens is 3. The van der Waals surface area contributed by atoms with E-state index in [2.05, 4.69) is 25.7 Å². The number of ether oxygens (including phenoxy) is 3. The van der Waals surface area contributed by atoms with Gasteiger partial charge >= 0.3 is 0 Å². The van der Waals surface area contributed by atoms with Crippen molar-refractivity contribution in [2.75, 3.05) is 26.8 Å². The number of hydrazone groups is 1. The molecule has 0 spiro atoms. The van der Waals surface area contributed by atoms with Gasteiger partial charge in [0.15, 0.2) is 11.5 Å². The molecule has 138 valence electrons. The van der Waals surface area contributed by atoms with Gasteiger partial charge in [-0.05, 0) is 12.1 Å². The molecule has 0 aliphatic rings. The van der Waals surface area contributed by atoms with E-state index in [1.165, 1.54) is 0 Å². The molecule has 1 heterocycles. The van der Waals surface area contributed by atoms with Crippen LogP contribution in [0.5, 0.6) is 17.2 Å². The largest absolute Gasteiger partial charge is 0.493 e. The van der Waals surface area contributed by atoms with Gasteiger partial charge in [-0.25, -0.2) is 10.4 Å². The van der Waals surface area contributed by atoms with Crippen molar-refractivity contribution in [3.8, 4) is 28.5 Å². The van der Waals surface area contributed by atoms with Crippen LogP contribution < -0.4 is 19.6 Å². The zero-order valence-corrected chi connectivity index (χ0v) is 15.2. The van der Waals surface area contributed by atoms with Crippen LogP contribution in [0.25, 0.3) is 11.3 Å². The third-order valence-electron chi connectivity index (χ3n) is 3.69. The maximum absolute atomic E-state index is 5.33. The molecular formula is C19H19N5O3. The molecule has 0 saturated heterocycles. The van der Waals surface area contributed by atoms with E-state index < -0.39 is 0 Å². The Balaban J connectivity index is 1.78. The highest BCUT2D eigenvalue weighted by atomic mass is 16.5. The maximum atomic E-state index is 5.33. The van der Waals surface area contributed by atoms with Crippen LogP contribution in [0.3, 0.4) is 0 Å². The Morgan fingerprint density at radius 1 is 0.963 bits per heavy atom. The summed E-state index contributed by atoms with van der Waals surface area (Å²) in [6.45, 7) is 0. The SMILES string of the molecule is COc1cc(/C=N/Nc2nncc(-c3ccccc3)n2)cc(OC)c1OC. The molecule has 0 unspecified atom stereocenters. The number of nitrogens with one attached hydrogen (secondary N) is 1. The van der Waals surface area contributed by atoms with E-state index in [0.29, 0.717) is 28.9 Å². The molecule has 0 saturated carbocycles. The van der Waals surface area contributed by atoms with Gasteiger partial charge < -0.3 is 14.2 Å². The van der Waals surface area contributed by atoms with Crippen LogP contribution in [-0.4, -0.2) is 42.7 Å². The van der Waals surface area contributed by atoms with E-state index in [1.807, 2.05) is 30.3 Å². The quantitative estimate of drug-likeness (QED) is 0.508. The monoisotopic (exact) mass is 365 g/mol. The fourth-order valence-electron chi connectivity index (χ4n) is 2.44. The first-order valence-electron chi connectivity index (χ1n) is 8.09. The number of anilines is 1. The van der Waals surface area contributed by atoms with Crippen molar-refractivity contribution in [3.05, 3.63) is 54.2 Å². The van der Waals surface area contributed by atoms with Gasteiger partial charge in [-0.1, -0.05) is 30.3 Å². The van der Waals surface area contributed by atoms with Gasteiger partial charge in [0.1, 0.15) is 0 Å². The number of benzene rings is 2. The first-order valence-corrected chi connectivity index (χ1v) is 8.09. The van der Waals surface area contributed by atoms with E-state index >= 15 is 0 Å². The van der Waals surface area contributed by atoms with Crippen LogP contribution >= 0.6 is 0 Å². The van der Waals surface area contributed by atoms with Crippen molar-refractivity contribution in [3.63, 3.8) is 0 Å². The lowest BCUT2D eigenvalue weighted by atomic mass is 10.2. The van der Waals surface area contributed by atoms with Crippen molar-refractivity contribution >= 4 is 12.2 Å². The predicted octanol–water partition coefficient (Wildman–Crippen LogP) is 3.01. The van der Waals surface area contributed by atoms with Crippen LogP contribution in [0.1, 0.15) is 5.56 Å². The summed E-state index contributed by atoms with van der Waals surface area (Å²) in [7, 11) is 4.68. The van der Waals surface area contributed by atoms with Crippen LogP contribution in [-0.2, 0) is 0 Å². The van der Waals surface area contributed by atoms with Crippen molar-refractivity contribution in [2.45, 2.75) is 0 Å². The normalized spacial score (nSPS) is 10.6. The minimum Gasteiger partial charge on any atom is -0.493 e. The number of hydrogen-bond donors (Lipinski definition) is 1. The molecule has 3 rings (SSSR count). The highest BCUT2D eigenvalue weighted by Crippen LogP contribution is 2.37. The Morgan fingerprint density at radius 3 is 2.30 bits per heavy atom. The molecule has 0 fully saturated rings. The Bertz CT molecular complexity index is 907. The summed E-state index contributed by atoms with van der Waals surface area (Å²) in [4.78, 5) is 4.40. The van der Waals surface area contributed by atoms with Crippen LogP contribution in [0.4, 0.5) is 5.95 Å². The van der Waals surface area contributed by atoms with E-state index in [4.69, 9.17) is 14.2 Å². The molecule has 0 atom stereocenters. The Hall–Kier alpha value is -3.68. The number of nitrogens with zero attached hydrogens (tertiary/aromatic N) is 4. The summed E-state index contributed by atoms with van der Waals surface area (Å²) in [5.74, 6) is 1.90. The zero-order valence-electron chi connectivity index (χ0n) is 15.2. The van der Waals surface area contributed by atoms with E-state index in [-0.39, 0.29) is 0 Å². The molecule has 0 amide bonds. The van der Waals surface area contributed by atoms with Gasteiger partial charge in [0.05, 0.1) is 39.4 Å². The fraction of sp³-hybridized carbons (Fsp3) is 0.158. The molecule has 2 aromatic carbocycles. The van der Waals surface area contributed by atoms with Crippen LogP contribution in [0.2, 0.25) is 0 Å². The first kappa shape index (κ1) is 18.1. The lowest BCUT2D eigenvalue weighted by Crippen LogP contribution is -2.00. The summed E-state index contributed by atoms with van der Waals surface area (Å²) < 4.78 is 16.0. The topological polar surface area (TPSA) is 90.8 Å². The lowest BCUT2D eigenvalue weighted by Gasteiger charge is -2.12. The van der Waals surface area contributed by atoms with Crippen molar-refractivity contribution < 1.29 is 14.2 Å². The van der Waals surface area contributed by atoms with Gasteiger partial charge in [0, 0.05) is 11.1 Å². The lowest BCUT2D eigenvalue weighted by molar-refractivity contribution is 0.324. The third-order valence-corrected chi connectivity index (χ3v) is 3.69. The van der Waals surface area contributed by atoms with Gasteiger partial charge in [-0.3, -0.25) is 0 Å². The van der Waals surface area contributed by atoms with Crippen molar-refractivity contribution in [2.24, 2.45) is 5.10 Å². The number of methoxy groups -OCH3 is 3. The van der Waals surface area contributed by atoms with E-state index in [0.717, 1.165) is 11.1 Å². The Kier molecular flexibility index (Phi) is 5.78. The smallest absolute Gasteiger partial charge is 0.263 e. The van der Waals surface area contributed by atoms with E-state index in [1.54, 1.807) is 45.9 Å². The molecule has 0 aliphatic carbocycles. The summed E-state index contributed by atoms with van der Waals surface area (Å²) >= 11 is 0. The minimum atomic E-state index is 0.292. The van der Waals surface area contributed by atoms with Gasteiger partial charge in [0.2, 0.25) is 5.75 Å². The molecular weight excluding hydrogens is 346 g/mol. The summed E-state index contributed by atoms with van der Waals surface area (Å²) in [5.41, 5.74) is 5.19. The first-order chi connectivity index (χ1) is 13.2. The molecule has 0 bridgehead atoms. The third kappa shape index (κ3) is 4.30. The minimum absolute atomic E-state index is 0.292. The highest BCUT2D eigenvalue weighted by Gasteiger charge is 2.12. The molecule has 3 aromatic rings. The molecule has 27 heavy (non-hydrogen) atoms. The second-order valence-corrected chi connectivity index (χ2v) is 5.36. The van der Waals surface area contributed by atoms with Crippen molar-refractivity contribution in [1.29, 1.82) is 0 Å². The van der Waals surface area contributed by atoms with E-state index in [9.17, 15) is 0 Å². The maximum Gasteiger partial charge on any atom is 0.263 e. The summed E-state index contributed by atoms with van der Waals surface area (Å²) in [5, 5.41) is 12.1. The average Bonchev–Trinajstić information content (AvgIpc) is 2.73. The predicted molar refractivity (Wildman–Crippen MR) is 103 cm³/mol.